The standard InChI is InChI=1S/C13H19N5/c1-10-4-2-6-12-16-13(17-18(10)12)15-11-5-3-8-14-9-7-11/h2,4,6,11,14H,3,5,7-9H2,1H3,(H,15,17). The highest BCUT2D eigenvalue weighted by Gasteiger charge is 2.14. The monoisotopic (exact) mass is 245 g/mol. The van der Waals surface area contributed by atoms with Crippen molar-refractivity contribution in [1.82, 2.24) is 19.9 Å². The molecule has 18 heavy (non-hydrogen) atoms. The molecule has 1 fully saturated rings. The van der Waals surface area contributed by atoms with Crippen LogP contribution in [0, 0.1) is 6.92 Å². The van der Waals surface area contributed by atoms with Gasteiger partial charge in [-0.2, -0.15) is 4.98 Å². The first-order valence-corrected chi connectivity index (χ1v) is 6.62. The van der Waals surface area contributed by atoms with Crippen LogP contribution in [0.1, 0.15) is 25.0 Å². The molecule has 1 unspecified atom stereocenters. The molecule has 0 bridgehead atoms. The lowest BCUT2D eigenvalue weighted by molar-refractivity contribution is 0.631. The van der Waals surface area contributed by atoms with Gasteiger partial charge in [-0.25, -0.2) is 4.52 Å². The van der Waals surface area contributed by atoms with E-state index in [1.807, 2.05) is 29.6 Å². The number of nitrogens with one attached hydrogen (secondary N) is 2. The van der Waals surface area contributed by atoms with Gasteiger partial charge in [0.1, 0.15) is 0 Å². The second kappa shape index (κ2) is 4.94. The molecule has 2 aromatic rings. The van der Waals surface area contributed by atoms with Gasteiger partial charge in [0.2, 0.25) is 5.95 Å². The highest BCUT2D eigenvalue weighted by Crippen LogP contribution is 2.13. The van der Waals surface area contributed by atoms with Gasteiger partial charge < -0.3 is 10.6 Å². The summed E-state index contributed by atoms with van der Waals surface area (Å²) in [5.41, 5.74) is 2.01. The largest absolute Gasteiger partial charge is 0.350 e. The van der Waals surface area contributed by atoms with Crippen molar-refractivity contribution in [1.29, 1.82) is 0 Å². The number of hydrogen-bond donors (Lipinski definition) is 2. The number of nitrogens with zero attached hydrogens (tertiary/aromatic N) is 3. The van der Waals surface area contributed by atoms with E-state index >= 15 is 0 Å². The first-order chi connectivity index (χ1) is 8.83. The van der Waals surface area contributed by atoms with Crippen LogP contribution < -0.4 is 10.6 Å². The number of anilines is 1. The Morgan fingerprint density at radius 3 is 3.17 bits per heavy atom. The highest BCUT2D eigenvalue weighted by atomic mass is 15.4. The normalized spacial score (nSPS) is 20.8. The van der Waals surface area contributed by atoms with Gasteiger partial charge in [0.15, 0.2) is 5.65 Å². The zero-order valence-corrected chi connectivity index (χ0v) is 10.7. The molecule has 3 rings (SSSR count). The van der Waals surface area contributed by atoms with Crippen LogP contribution in [0.25, 0.3) is 5.65 Å². The first-order valence-electron chi connectivity index (χ1n) is 6.62. The lowest BCUT2D eigenvalue weighted by atomic mass is 10.1. The molecule has 5 nitrogen and oxygen atoms in total. The summed E-state index contributed by atoms with van der Waals surface area (Å²) in [4.78, 5) is 4.52. The number of fused-ring (bicyclic) bond motifs is 1. The van der Waals surface area contributed by atoms with Gasteiger partial charge in [0, 0.05) is 11.7 Å². The van der Waals surface area contributed by atoms with Crippen molar-refractivity contribution in [3.8, 4) is 0 Å². The van der Waals surface area contributed by atoms with Crippen LogP contribution in [0.4, 0.5) is 5.95 Å². The number of aryl methyl sites for hydroxylation is 1. The van der Waals surface area contributed by atoms with Crippen molar-refractivity contribution in [2.45, 2.75) is 32.2 Å². The predicted octanol–water partition coefficient (Wildman–Crippen LogP) is 1.59. The Morgan fingerprint density at radius 1 is 1.33 bits per heavy atom. The zero-order chi connectivity index (χ0) is 12.4. The SMILES string of the molecule is Cc1cccc2nc(NC3CCCNCC3)nn12. The molecule has 96 valence electrons. The maximum Gasteiger partial charge on any atom is 0.243 e. The summed E-state index contributed by atoms with van der Waals surface area (Å²) in [6.45, 7) is 4.24. The molecule has 3 heterocycles. The highest BCUT2D eigenvalue weighted by molar-refractivity contribution is 5.44. The summed E-state index contributed by atoms with van der Waals surface area (Å²) in [6, 6.07) is 6.53. The van der Waals surface area contributed by atoms with E-state index in [2.05, 4.69) is 20.7 Å². The van der Waals surface area contributed by atoms with Crippen LogP contribution in [-0.2, 0) is 0 Å². The molecule has 5 heteroatoms. The minimum absolute atomic E-state index is 0.484. The smallest absolute Gasteiger partial charge is 0.243 e. The van der Waals surface area contributed by atoms with E-state index in [-0.39, 0.29) is 0 Å². The molecule has 0 aromatic carbocycles. The van der Waals surface area contributed by atoms with Crippen LogP contribution in [0.3, 0.4) is 0 Å². The Labute approximate surface area is 107 Å². The van der Waals surface area contributed by atoms with Gasteiger partial charge in [-0.05, 0) is 51.4 Å². The van der Waals surface area contributed by atoms with Gasteiger partial charge in [-0.3, -0.25) is 0 Å². The minimum Gasteiger partial charge on any atom is -0.350 e. The maximum absolute atomic E-state index is 4.52. The molecule has 2 aromatic heterocycles. The second-order valence-electron chi connectivity index (χ2n) is 4.89. The predicted molar refractivity (Wildman–Crippen MR) is 71.9 cm³/mol. The molecule has 0 radical (unpaired) electrons. The minimum atomic E-state index is 0.484. The van der Waals surface area contributed by atoms with E-state index in [0.717, 1.165) is 36.8 Å². The molecule has 0 amide bonds. The van der Waals surface area contributed by atoms with Crippen molar-refractivity contribution in [2.75, 3.05) is 18.4 Å². The maximum atomic E-state index is 4.52. The Bertz CT molecular complexity index is 525. The molecule has 1 aliphatic heterocycles. The van der Waals surface area contributed by atoms with Crippen molar-refractivity contribution < 1.29 is 0 Å². The Morgan fingerprint density at radius 2 is 2.28 bits per heavy atom. The van der Waals surface area contributed by atoms with Crippen LogP contribution in [0.15, 0.2) is 18.2 Å². The van der Waals surface area contributed by atoms with Crippen LogP contribution in [-0.4, -0.2) is 33.7 Å². The number of aromatic nitrogens is 3. The average Bonchev–Trinajstić information content (AvgIpc) is 2.60. The molecular weight excluding hydrogens is 226 g/mol. The fraction of sp³-hybridized carbons (Fsp3) is 0.538. The van der Waals surface area contributed by atoms with E-state index in [1.54, 1.807) is 0 Å². The molecule has 1 saturated heterocycles. The fourth-order valence-electron chi connectivity index (χ4n) is 2.44. The van der Waals surface area contributed by atoms with Crippen molar-refractivity contribution in [3.05, 3.63) is 23.9 Å². The number of hydrogen-bond acceptors (Lipinski definition) is 4. The Balaban J connectivity index is 1.79. The second-order valence-corrected chi connectivity index (χ2v) is 4.89. The number of rotatable bonds is 2. The molecule has 0 saturated carbocycles. The molecule has 1 aliphatic rings. The summed E-state index contributed by atoms with van der Waals surface area (Å²) in [5.74, 6) is 0.746. The van der Waals surface area contributed by atoms with Crippen LogP contribution in [0.2, 0.25) is 0 Å². The van der Waals surface area contributed by atoms with Gasteiger partial charge in [0.05, 0.1) is 0 Å². The quantitative estimate of drug-likeness (QED) is 0.843. The summed E-state index contributed by atoms with van der Waals surface area (Å²) in [6.07, 6.45) is 3.53. The summed E-state index contributed by atoms with van der Waals surface area (Å²) in [7, 11) is 0. The lowest BCUT2D eigenvalue weighted by Crippen LogP contribution is -2.22. The number of pyridine rings is 1. The van der Waals surface area contributed by atoms with Gasteiger partial charge >= 0.3 is 0 Å². The average molecular weight is 245 g/mol. The third-order valence-electron chi connectivity index (χ3n) is 3.46. The van der Waals surface area contributed by atoms with E-state index in [9.17, 15) is 0 Å². The Hall–Kier alpha value is -1.62. The zero-order valence-electron chi connectivity index (χ0n) is 10.7. The third-order valence-corrected chi connectivity index (χ3v) is 3.46. The van der Waals surface area contributed by atoms with Crippen molar-refractivity contribution >= 4 is 11.6 Å². The summed E-state index contributed by atoms with van der Waals surface area (Å²) in [5, 5.41) is 11.4. The van der Waals surface area contributed by atoms with Crippen molar-refractivity contribution in [3.63, 3.8) is 0 Å². The van der Waals surface area contributed by atoms with E-state index in [1.165, 1.54) is 12.8 Å². The molecule has 0 spiro atoms. The molecule has 1 atom stereocenters. The third kappa shape index (κ3) is 2.31. The molecule has 0 aliphatic carbocycles. The van der Waals surface area contributed by atoms with E-state index < -0.39 is 0 Å². The summed E-state index contributed by atoms with van der Waals surface area (Å²) < 4.78 is 1.89. The van der Waals surface area contributed by atoms with E-state index in [4.69, 9.17) is 0 Å². The summed E-state index contributed by atoms with van der Waals surface area (Å²) >= 11 is 0. The van der Waals surface area contributed by atoms with Gasteiger partial charge in [-0.1, -0.05) is 6.07 Å². The molecular formula is C13H19N5. The van der Waals surface area contributed by atoms with Crippen LogP contribution >= 0.6 is 0 Å². The first kappa shape index (κ1) is 11.5. The van der Waals surface area contributed by atoms with Crippen molar-refractivity contribution in [2.24, 2.45) is 0 Å². The lowest BCUT2D eigenvalue weighted by Gasteiger charge is -2.13. The van der Waals surface area contributed by atoms with Crippen LogP contribution in [0.5, 0.6) is 0 Å². The topological polar surface area (TPSA) is 54.2 Å². The molecule has 2 N–H and O–H groups in total. The van der Waals surface area contributed by atoms with Gasteiger partial charge in [0.25, 0.3) is 0 Å². The van der Waals surface area contributed by atoms with E-state index in [0.29, 0.717) is 6.04 Å². The van der Waals surface area contributed by atoms with Gasteiger partial charge in [-0.15, -0.1) is 5.10 Å². The fourth-order valence-corrected chi connectivity index (χ4v) is 2.44. The Kier molecular flexibility index (Phi) is 3.15.